The van der Waals surface area contributed by atoms with Gasteiger partial charge < -0.3 is 14.0 Å². The Balaban J connectivity index is 2.37. The number of esters is 1. The third kappa shape index (κ3) is 2.70. The summed E-state index contributed by atoms with van der Waals surface area (Å²) in [6, 6.07) is 13.9. The van der Waals surface area contributed by atoms with Gasteiger partial charge in [-0.2, -0.15) is 5.26 Å². The summed E-state index contributed by atoms with van der Waals surface area (Å²) in [5.74, 6) is 0.145. The van der Waals surface area contributed by atoms with Crippen LogP contribution >= 0.6 is 0 Å². The molecule has 1 aromatic heterocycles. The molecule has 0 spiro atoms. The Bertz CT molecular complexity index is 1110. The Hall–Kier alpha value is -3.59. The van der Waals surface area contributed by atoms with Crippen LogP contribution in [0, 0.1) is 11.3 Å². The monoisotopic (exact) mass is 348 g/mol. The molecule has 0 aliphatic rings. The van der Waals surface area contributed by atoms with Crippen molar-refractivity contribution in [2.75, 3.05) is 14.2 Å². The van der Waals surface area contributed by atoms with Gasteiger partial charge in [-0.1, -0.05) is 12.1 Å². The molecule has 0 aliphatic carbocycles. The molecule has 0 bridgehead atoms. The number of nitrogens with zero attached hydrogens (tertiary/aromatic N) is 2. The highest BCUT2D eigenvalue weighted by Crippen LogP contribution is 2.32. The number of hydrogen-bond acceptors (Lipinski definition) is 5. The first-order valence-electron chi connectivity index (χ1n) is 7.81. The van der Waals surface area contributed by atoms with Crippen LogP contribution in [0.25, 0.3) is 21.9 Å². The Morgan fingerprint density at radius 1 is 1.08 bits per heavy atom. The molecule has 3 aromatic rings. The molecule has 2 aromatic carbocycles. The predicted molar refractivity (Wildman–Crippen MR) is 97.2 cm³/mol. The fourth-order valence-corrected chi connectivity index (χ4v) is 2.94. The minimum absolute atomic E-state index is 0.238. The molecule has 0 atom stereocenters. The number of pyridine rings is 1. The fourth-order valence-electron chi connectivity index (χ4n) is 2.94. The second-order valence-corrected chi connectivity index (χ2v) is 5.68. The molecule has 0 amide bonds. The normalized spacial score (nSPS) is 10.4. The summed E-state index contributed by atoms with van der Waals surface area (Å²) in [6.07, 6.45) is 0. The number of benzene rings is 2. The van der Waals surface area contributed by atoms with E-state index >= 15 is 0 Å². The molecular weight excluding hydrogens is 332 g/mol. The molecule has 0 N–H and O–H groups in total. The summed E-state index contributed by atoms with van der Waals surface area (Å²) in [5, 5.41) is 10.7. The zero-order valence-corrected chi connectivity index (χ0v) is 14.6. The summed E-state index contributed by atoms with van der Waals surface area (Å²) < 4.78 is 11.3. The van der Waals surface area contributed by atoms with Gasteiger partial charge in [0.25, 0.3) is 5.56 Å². The molecule has 0 aliphatic heterocycles. The summed E-state index contributed by atoms with van der Waals surface area (Å²) in [6.45, 7) is 0. The number of methoxy groups -OCH3 is 2. The van der Waals surface area contributed by atoms with Gasteiger partial charge in [0, 0.05) is 23.4 Å². The lowest BCUT2D eigenvalue weighted by Gasteiger charge is -2.14. The number of carbonyl (C=O) groups is 1. The van der Waals surface area contributed by atoms with E-state index in [1.165, 1.54) is 18.8 Å². The van der Waals surface area contributed by atoms with E-state index in [9.17, 15) is 14.9 Å². The van der Waals surface area contributed by atoms with Gasteiger partial charge in [0.2, 0.25) is 0 Å². The Labute approximate surface area is 149 Å². The quantitative estimate of drug-likeness (QED) is 0.680. The minimum Gasteiger partial charge on any atom is -0.497 e. The summed E-state index contributed by atoms with van der Waals surface area (Å²) in [4.78, 5) is 24.2. The summed E-state index contributed by atoms with van der Waals surface area (Å²) in [7, 11) is 4.42. The molecule has 0 radical (unpaired) electrons. The molecule has 0 saturated heterocycles. The zero-order chi connectivity index (χ0) is 18.8. The molecule has 1 heterocycles. The molecular formula is C20H16N2O4. The van der Waals surface area contributed by atoms with Gasteiger partial charge in [0.1, 0.15) is 17.5 Å². The standard InChI is InChI=1S/C20H16N2O4/c1-22-17(11-21)18(12-4-6-13(7-5-12)20(24)26-3)16-10-14(25-2)8-9-15(16)19(22)23/h4-10H,1-3H3. The van der Waals surface area contributed by atoms with Crippen molar-refractivity contribution in [3.8, 4) is 22.9 Å². The Kier molecular flexibility index (Phi) is 4.46. The van der Waals surface area contributed by atoms with Crippen LogP contribution in [0.2, 0.25) is 0 Å². The fraction of sp³-hybridized carbons (Fsp3) is 0.150. The number of nitriles is 1. The van der Waals surface area contributed by atoms with Crippen LogP contribution in [0.4, 0.5) is 0 Å². The molecule has 6 heteroatoms. The zero-order valence-electron chi connectivity index (χ0n) is 14.6. The molecule has 130 valence electrons. The van der Waals surface area contributed by atoms with Crippen LogP contribution in [0.5, 0.6) is 5.75 Å². The number of rotatable bonds is 3. The van der Waals surface area contributed by atoms with Crippen LogP contribution in [-0.4, -0.2) is 24.8 Å². The van der Waals surface area contributed by atoms with E-state index in [-0.39, 0.29) is 11.3 Å². The molecule has 3 rings (SSSR count). The van der Waals surface area contributed by atoms with Crippen LogP contribution in [-0.2, 0) is 11.8 Å². The van der Waals surface area contributed by atoms with Crippen molar-refractivity contribution in [2.24, 2.45) is 7.05 Å². The number of fused-ring (bicyclic) bond motifs is 1. The highest BCUT2D eigenvalue weighted by atomic mass is 16.5. The number of hydrogen-bond donors (Lipinski definition) is 0. The van der Waals surface area contributed by atoms with Crippen molar-refractivity contribution < 1.29 is 14.3 Å². The van der Waals surface area contributed by atoms with Crippen LogP contribution in [0.15, 0.2) is 47.3 Å². The van der Waals surface area contributed by atoms with E-state index in [4.69, 9.17) is 9.47 Å². The minimum atomic E-state index is -0.441. The first-order chi connectivity index (χ1) is 12.5. The average molecular weight is 348 g/mol. The number of carbonyl (C=O) groups excluding carboxylic acids is 1. The van der Waals surface area contributed by atoms with Crippen molar-refractivity contribution in [2.45, 2.75) is 0 Å². The van der Waals surface area contributed by atoms with E-state index in [2.05, 4.69) is 6.07 Å². The third-order valence-electron chi connectivity index (χ3n) is 4.30. The van der Waals surface area contributed by atoms with Gasteiger partial charge >= 0.3 is 5.97 Å². The van der Waals surface area contributed by atoms with Crippen molar-refractivity contribution in [3.63, 3.8) is 0 Å². The van der Waals surface area contributed by atoms with Gasteiger partial charge in [-0.05, 0) is 35.9 Å². The second kappa shape index (κ2) is 6.73. The van der Waals surface area contributed by atoms with E-state index in [1.807, 2.05) is 0 Å². The first kappa shape index (κ1) is 17.2. The lowest BCUT2D eigenvalue weighted by Crippen LogP contribution is -2.20. The predicted octanol–water partition coefficient (Wildman–Crippen LogP) is 2.87. The molecule has 0 fully saturated rings. The summed E-state index contributed by atoms with van der Waals surface area (Å²) >= 11 is 0. The lowest BCUT2D eigenvalue weighted by atomic mass is 9.96. The van der Waals surface area contributed by atoms with Crippen LogP contribution in [0.1, 0.15) is 16.1 Å². The smallest absolute Gasteiger partial charge is 0.337 e. The average Bonchev–Trinajstić information content (AvgIpc) is 2.69. The maximum absolute atomic E-state index is 12.6. The molecule has 26 heavy (non-hydrogen) atoms. The van der Waals surface area contributed by atoms with Crippen molar-refractivity contribution >= 4 is 16.7 Å². The van der Waals surface area contributed by atoms with E-state index < -0.39 is 5.97 Å². The highest BCUT2D eigenvalue weighted by Gasteiger charge is 2.17. The van der Waals surface area contributed by atoms with Crippen molar-refractivity contribution in [1.29, 1.82) is 5.26 Å². The third-order valence-corrected chi connectivity index (χ3v) is 4.30. The maximum atomic E-state index is 12.6. The molecule has 6 nitrogen and oxygen atoms in total. The lowest BCUT2D eigenvalue weighted by molar-refractivity contribution is 0.0601. The number of ether oxygens (including phenoxy) is 2. The van der Waals surface area contributed by atoms with Gasteiger partial charge in [0.05, 0.1) is 19.8 Å². The van der Waals surface area contributed by atoms with Gasteiger partial charge in [-0.25, -0.2) is 4.79 Å². The highest BCUT2D eigenvalue weighted by molar-refractivity contribution is 5.99. The summed E-state index contributed by atoms with van der Waals surface area (Å²) in [5.41, 5.74) is 1.71. The second-order valence-electron chi connectivity index (χ2n) is 5.68. The SMILES string of the molecule is COC(=O)c1ccc(-c2c(C#N)n(C)c(=O)c3ccc(OC)cc23)cc1. The van der Waals surface area contributed by atoms with Crippen molar-refractivity contribution in [3.05, 3.63) is 64.1 Å². The Morgan fingerprint density at radius 3 is 2.35 bits per heavy atom. The van der Waals surface area contributed by atoms with Crippen molar-refractivity contribution in [1.82, 2.24) is 4.57 Å². The molecule has 0 saturated carbocycles. The molecule has 0 unspecified atom stereocenters. The van der Waals surface area contributed by atoms with E-state index in [1.54, 1.807) is 49.5 Å². The van der Waals surface area contributed by atoms with Gasteiger partial charge in [0.15, 0.2) is 0 Å². The maximum Gasteiger partial charge on any atom is 0.337 e. The Morgan fingerprint density at radius 2 is 1.77 bits per heavy atom. The van der Waals surface area contributed by atoms with Gasteiger partial charge in [-0.3, -0.25) is 4.79 Å². The van der Waals surface area contributed by atoms with Gasteiger partial charge in [-0.15, -0.1) is 0 Å². The first-order valence-corrected chi connectivity index (χ1v) is 7.81. The van der Waals surface area contributed by atoms with Crippen LogP contribution in [0.3, 0.4) is 0 Å². The topological polar surface area (TPSA) is 81.3 Å². The number of aromatic nitrogens is 1. The van der Waals surface area contributed by atoms with E-state index in [0.29, 0.717) is 33.2 Å². The van der Waals surface area contributed by atoms with Crippen LogP contribution < -0.4 is 10.3 Å². The van der Waals surface area contributed by atoms with E-state index in [0.717, 1.165) is 0 Å². The largest absolute Gasteiger partial charge is 0.497 e.